The third-order valence-electron chi connectivity index (χ3n) is 2.81. The van der Waals surface area contributed by atoms with Crippen molar-refractivity contribution in [2.45, 2.75) is 13.8 Å². The molecule has 1 aromatic heterocycles. The zero-order valence-electron chi connectivity index (χ0n) is 12.0. The highest BCUT2D eigenvalue weighted by molar-refractivity contribution is 9.10. The summed E-state index contributed by atoms with van der Waals surface area (Å²) in [5.74, 6) is 1.87. The highest BCUT2D eigenvalue weighted by Crippen LogP contribution is 2.34. The van der Waals surface area contributed by atoms with E-state index < -0.39 is 0 Å². The number of aromatic nitrogens is 2. The zero-order chi connectivity index (χ0) is 15.4. The van der Waals surface area contributed by atoms with Crippen LogP contribution in [-0.2, 0) is 0 Å². The molecule has 1 heterocycles. The first kappa shape index (κ1) is 15.9. The SMILES string of the molecule is CCNc1ncc(Br)c(Nc2cc(C)c(Cl)cc2OC)n1. The Morgan fingerprint density at radius 3 is 2.81 bits per heavy atom. The lowest BCUT2D eigenvalue weighted by Gasteiger charge is -2.14. The van der Waals surface area contributed by atoms with Crippen LogP contribution in [-0.4, -0.2) is 23.6 Å². The monoisotopic (exact) mass is 370 g/mol. The number of nitrogens with zero attached hydrogens (tertiary/aromatic N) is 2. The molecule has 0 spiro atoms. The first-order chi connectivity index (χ1) is 10.0. The van der Waals surface area contributed by atoms with Crippen LogP contribution >= 0.6 is 27.5 Å². The standard InChI is InChI=1S/C14H16BrClN4O/c1-4-17-14-18-7-9(15)13(20-14)19-11-5-8(2)10(16)6-12(11)21-3/h5-7H,4H2,1-3H3,(H2,17,18,19,20). The average Bonchev–Trinajstić information content (AvgIpc) is 2.46. The van der Waals surface area contributed by atoms with Crippen molar-refractivity contribution in [3.05, 3.63) is 33.4 Å². The van der Waals surface area contributed by atoms with Crippen LogP contribution in [0.3, 0.4) is 0 Å². The maximum Gasteiger partial charge on any atom is 0.224 e. The van der Waals surface area contributed by atoms with Gasteiger partial charge in [-0.1, -0.05) is 11.6 Å². The van der Waals surface area contributed by atoms with E-state index in [2.05, 4.69) is 36.5 Å². The third kappa shape index (κ3) is 3.77. The van der Waals surface area contributed by atoms with Crippen LogP contribution in [0.25, 0.3) is 0 Å². The second-order valence-electron chi connectivity index (χ2n) is 4.35. The molecule has 0 radical (unpaired) electrons. The topological polar surface area (TPSA) is 59.1 Å². The van der Waals surface area contributed by atoms with Gasteiger partial charge >= 0.3 is 0 Å². The van der Waals surface area contributed by atoms with E-state index in [0.717, 1.165) is 22.3 Å². The molecule has 0 aliphatic carbocycles. The van der Waals surface area contributed by atoms with Crippen LogP contribution in [0.1, 0.15) is 12.5 Å². The van der Waals surface area contributed by atoms with Gasteiger partial charge in [0.15, 0.2) is 0 Å². The molecule has 0 fully saturated rings. The molecular weight excluding hydrogens is 356 g/mol. The lowest BCUT2D eigenvalue weighted by molar-refractivity contribution is 0.416. The van der Waals surface area contributed by atoms with Gasteiger partial charge in [0, 0.05) is 23.8 Å². The predicted molar refractivity (Wildman–Crippen MR) is 89.9 cm³/mol. The van der Waals surface area contributed by atoms with Crippen molar-refractivity contribution >= 4 is 45.0 Å². The Hall–Kier alpha value is -1.53. The Balaban J connectivity index is 2.37. The molecule has 0 saturated carbocycles. The summed E-state index contributed by atoms with van der Waals surface area (Å²) in [6.45, 7) is 4.68. The Bertz CT molecular complexity index is 651. The second kappa shape index (κ2) is 6.95. The molecule has 0 unspecified atom stereocenters. The summed E-state index contributed by atoms with van der Waals surface area (Å²) in [5, 5.41) is 6.97. The molecule has 0 atom stereocenters. The molecule has 1 aromatic carbocycles. The van der Waals surface area contributed by atoms with Gasteiger partial charge in [-0.2, -0.15) is 4.98 Å². The predicted octanol–water partition coefficient (Wildman–Crippen LogP) is 4.38. The molecule has 7 heteroatoms. The van der Waals surface area contributed by atoms with Crippen LogP contribution in [0.2, 0.25) is 5.02 Å². The maximum absolute atomic E-state index is 6.11. The number of hydrogen-bond donors (Lipinski definition) is 2. The second-order valence-corrected chi connectivity index (χ2v) is 5.61. The molecule has 0 amide bonds. The summed E-state index contributed by atoms with van der Waals surface area (Å²) < 4.78 is 6.11. The Morgan fingerprint density at radius 2 is 2.14 bits per heavy atom. The Labute approximate surface area is 137 Å². The third-order valence-corrected chi connectivity index (χ3v) is 3.80. The van der Waals surface area contributed by atoms with Gasteiger partial charge in [-0.3, -0.25) is 0 Å². The smallest absolute Gasteiger partial charge is 0.224 e. The first-order valence-electron chi connectivity index (χ1n) is 6.42. The Kier molecular flexibility index (Phi) is 5.25. The van der Waals surface area contributed by atoms with E-state index >= 15 is 0 Å². The zero-order valence-corrected chi connectivity index (χ0v) is 14.3. The summed E-state index contributed by atoms with van der Waals surface area (Å²) in [4.78, 5) is 8.60. The molecule has 21 heavy (non-hydrogen) atoms. The van der Waals surface area contributed by atoms with Crippen molar-refractivity contribution in [1.82, 2.24) is 9.97 Å². The van der Waals surface area contributed by atoms with Crippen molar-refractivity contribution in [1.29, 1.82) is 0 Å². The fourth-order valence-corrected chi connectivity index (χ4v) is 2.20. The van der Waals surface area contributed by atoms with E-state index in [-0.39, 0.29) is 0 Å². The molecule has 2 N–H and O–H groups in total. The average molecular weight is 372 g/mol. The summed E-state index contributed by atoms with van der Waals surface area (Å²) in [6, 6.07) is 3.70. The van der Waals surface area contributed by atoms with E-state index in [4.69, 9.17) is 16.3 Å². The molecule has 0 saturated heterocycles. The van der Waals surface area contributed by atoms with Crippen LogP contribution in [0.5, 0.6) is 5.75 Å². The summed E-state index contributed by atoms with van der Waals surface area (Å²) in [7, 11) is 1.60. The van der Waals surface area contributed by atoms with Gasteiger partial charge in [0.05, 0.1) is 17.3 Å². The number of methoxy groups -OCH3 is 1. The lowest BCUT2D eigenvalue weighted by atomic mass is 10.2. The first-order valence-corrected chi connectivity index (χ1v) is 7.59. The normalized spacial score (nSPS) is 10.3. The fourth-order valence-electron chi connectivity index (χ4n) is 1.76. The van der Waals surface area contributed by atoms with Crippen LogP contribution < -0.4 is 15.4 Å². The van der Waals surface area contributed by atoms with Crippen molar-refractivity contribution in [3.63, 3.8) is 0 Å². The number of benzene rings is 1. The number of halogens is 2. The molecule has 0 aliphatic heterocycles. The molecular formula is C14H16BrClN4O. The minimum atomic E-state index is 0.563. The van der Waals surface area contributed by atoms with Crippen LogP contribution in [0.15, 0.2) is 22.8 Å². The molecule has 2 aromatic rings. The number of hydrogen-bond acceptors (Lipinski definition) is 5. The highest BCUT2D eigenvalue weighted by atomic mass is 79.9. The van der Waals surface area contributed by atoms with Crippen molar-refractivity contribution in [2.24, 2.45) is 0 Å². The van der Waals surface area contributed by atoms with Gasteiger partial charge in [0.1, 0.15) is 11.6 Å². The minimum Gasteiger partial charge on any atom is -0.495 e. The van der Waals surface area contributed by atoms with Gasteiger partial charge in [-0.05, 0) is 41.4 Å². The summed E-state index contributed by atoms with van der Waals surface area (Å²) >= 11 is 9.55. The molecule has 0 aliphatic rings. The number of anilines is 3. The molecule has 2 rings (SSSR count). The van der Waals surface area contributed by atoms with Gasteiger partial charge in [0.2, 0.25) is 5.95 Å². The Morgan fingerprint density at radius 1 is 1.38 bits per heavy atom. The molecule has 0 bridgehead atoms. The van der Waals surface area contributed by atoms with E-state index in [9.17, 15) is 0 Å². The largest absolute Gasteiger partial charge is 0.495 e. The van der Waals surface area contributed by atoms with E-state index in [1.807, 2.05) is 19.9 Å². The minimum absolute atomic E-state index is 0.563. The summed E-state index contributed by atoms with van der Waals surface area (Å²) in [5.41, 5.74) is 1.75. The van der Waals surface area contributed by atoms with Crippen molar-refractivity contribution < 1.29 is 4.74 Å². The lowest BCUT2D eigenvalue weighted by Crippen LogP contribution is -2.05. The quantitative estimate of drug-likeness (QED) is 0.816. The molecule has 112 valence electrons. The number of nitrogens with one attached hydrogen (secondary N) is 2. The summed E-state index contributed by atoms with van der Waals surface area (Å²) in [6.07, 6.45) is 1.70. The molecule has 5 nitrogen and oxygen atoms in total. The van der Waals surface area contributed by atoms with Crippen LogP contribution in [0, 0.1) is 6.92 Å². The number of aryl methyl sites for hydroxylation is 1. The van der Waals surface area contributed by atoms with Gasteiger partial charge in [0.25, 0.3) is 0 Å². The van der Waals surface area contributed by atoms with E-state index in [1.165, 1.54) is 0 Å². The number of rotatable bonds is 5. The van der Waals surface area contributed by atoms with Crippen molar-refractivity contribution in [3.8, 4) is 5.75 Å². The van der Waals surface area contributed by atoms with Gasteiger partial charge in [-0.15, -0.1) is 0 Å². The van der Waals surface area contributed by atoms with Crippen molar-refractivity contribution in [2.75, 3.05) is 24.3 Å². The van der Waals surface area contributed by atoms with Gasteiger partial charge in [-0.25, -0.2) is 4.98 Å². The van der Waals surface area contributed by atoms with E-state index in [1.54, 1.807) is 19.4 Å². The van der Waals surface area contributed by atoms with Gasteiger partial charge < -0.3 is 15.4 Å². The maximum atomic E-state index is 6.11. The highest BCUT2D eigenvalue weighted by Gasteiger charge is 2.11. The fraction of sp³-hybridized carbons (Fsp3) is 0.286. The van der Waals surface area contributed by atoms with Crippen LogP contribution in [0.4, 0.5) is 17.5 Å². The number of ether oxygens (including phenoxy) is 1. The van der Waals surface area contributed by atoms with E-state index in [0.29, 0.717) is 22.5 Å².